The summed E-state index contributed by atoms with van der Waals surface area (Å²) in [4.78, 5) is 54.3. The lowest BCUT2D eigenvalue weighted by molar-refractivity contribution is 0.0600. The summed E-state index contributed by atoms with van der Waals surface area (Å²) in [6, 6.07) is 9.97. The maximum absolute atomic E-state index is 13.3. The topological polar surface area (TPSA) is 182 Å². The largest absolute Gasteiger partial charge is 0.494 e. The van der Waals surface area contributed by atoms with Crippen LogP contribution in [0.4, 0.5) is 10.7 Å². The van der Waals surface area contributed by atoms with Gasteiger partial charge < -0.3 is 29.8 Å². The van der Waals surface area contributed by atoms with Crippen LogP contribution in [0.25, 0.3) is 11.0 Å². The van der Waals surface area contributed by atoms with Crippen molar-refractivity contribution in [2.24, 2.45) is 5.73 Å². The molecular formula is C31H35N7O7. The first-order valence-corrected chi connectivity index (χ1v) is 14.5. The summed E-state index contributed by atoms with van der Waals surface area (Å²) >= 11 is 0. The number of benzene rings is 2. The normalized spacial score (nSPS) is 13.7. The molecule has 236 valence electrons. The Morgan fingerprint density at radius 3 is 2.60 bits per heavy atom. The van der Waals surface area contributed by atoms with Crippen LogP contribution < -0.4 is 21.1 Å². The number of nitrogens with zero attached hydrogens (tertiary/aromatic N) is 4. The summed E-state index contributed by atoms with van der Waals surface area (Å²) in [5, 5.41) is 9.99. The van der Waals surface area contributed by atoms with Gasteiger partial charge >= 0.3 is 12.1 Å². The number of hydrogen-bond donors (Lipinski definition) is 3. The number of nitrogens with two attached hydrogens (primary N) is 1. The minimum Gasteiger partial charge on any atom is -0.494 e. The van der Waals surface area contributed by atoms with Crippen LogP contribution in [0.5, 0.6) is 5.75 Å². The Balaban J connectivity index is 1.29. The molecule has 0 saturated carbocycles. The van der Waals surface area contributed by atoms with Gasteiger partial charge in [0, 0.05) is 25.2 Å². The number of carbonyl (C=O) groups is 4. The third kappa shape index (κ3) is 6.44. The predicted molar refractivity (Wildman–Crippen MR) is 163 cm³/mol. The highest BCUT2D eigenvalue weighted by atomic mass is 16.6. The second-order valence-corrected chi connectivity index (χ2v) is 10.6. The van der Waals surface area contributed by atoms with Crippen LogP contribution >= 0.6 is 0 Å². The lowest BCUT2D eigenvalue weighted by Crippen LogP contribution is -2.27. The molecule has 4 aromatic rings. The van der Waals surface area contributed by atoms with Gasteiger partial charge in [-0.25, -0.2) is 14.6 Å². The summed E-state index contributed by atoms with van der Waals surface area (Å²) in [7, 11) is 2.80. The molecule has 1 aliphatic rings. The lowest BCUT2D eigenvalue weighted by Gasteiger charge is -2.15. The number of aromatic nitrogens is 4. The molecule has 3 amide bonds. The van der Waals surface area contributed by atoms with Crippen molar-refractivity contribution in [1.82, 2.24) is 24.6 Å². The van der Waals surface area contributed by atoms with E-state index in [0.717, 1.165) is 11.1 Å². The number of alkyl carbamates (subject to hydrolysis) is 1. The van der Waals surface area contributed by atoms with Crippen molar-refractivity contribution < 1.29 is 33.4 Å². The second-order valence-electron chi connectivity index (χ2n) is 10.6. The second kappa shape index (κ2) is 13.1. The molecule has 2 aromatic heterocycles. The summed E-state index contributed by atoms with van der Waals surface area (Å²) in [5.74, 6) is -0.879. The summed E-state index contributed by atoms with van der Waals surface area (Å²) in [6.07, 6.45) is 0.745. The molecule has 5 rings (SSSR count). The van der Waals surface area contributed by atoms with Crippen LogP contribution in [0, 0.1) is 6.92 Å². The number of imidazole rings is 1. The fraction of sp³-hybridized carbons (Fsp3) is 0.355. The molecule has 0 aliphatic heterocycles. The number of methoxy groups -OCH3 is 2. The van der Waals surface area contributed by atoms with Gasteiger partial charge in [-0.2, -0.15) is 5.10 Å². The maximum atomic E-state index is 13.3. The van der Waals surface area contributed by atoms with Crippen molar-refractivity contribution in [3.63, 3.8) is 0 Å². The molecule has 0 spiro atoms. The Hall–Kier alpha value is -5.40. The van der Waals surface area contributed by atoms with E-state index >= 15 is 0 Å². The quantitative estimate of drug-likeness (QED) is 0.168. The molecular weight excluding hydrogens is 582 g/mol. The van der Waals surface area contributed by atoms with Crippen molar-refractivity contribution in [2.45, 2.75) is 52.3 Å². The number of hydrogen-bond acceptors (Lipinski definition) is 9. The first kappa shape index (κ1) is 31.0. The van der Waals surface area contributed by atoms with E-state index in [1.54, 1.807) is 40.4 Å². The van der Waals surface area contributed by atoms with Crippen LogP contribution in [0.3, 0.4) is 0 Å². The van der Waals surface area contributed by atoms with Crippen LogP contribution in [0.2, 0.25) is 0 Å². The molecule has 0 saturated heterocycles. The van der Waals surface area contributed by atoms with E-state index in [1.807, 2.05) is 6.92 Å². The van der Waals surface area contributed by atoms with Crippen molar-refractivity contribution in [2.75, 3.05) is 26.1 Å². The van der Waals surface area contributed by atoms with E-state index in [0.29, 0.717) is 66.1 Å². The van der Waals surface area contributed by atoms with Gasteiger partial charge in [0.25, 0.3) is 5.91 Å². The maximum Gasteiger partial charge on any atom is 0.407 e. The van der Waals surface area contributed by atoms with Crippen LogP contribution in [-0.2, 0) is 29.0 Å². The fourth-order valence-corrected chi connectivity index (χ4v) is 5.52. The molecule has 14 nitrogen and oxygen atoms in total. The molecule has 2 heterocycles. The fourth-order valence-electron chi connectivity index (χ4n) is 5.52. The van der Waals surface area contributed by atoms with Gasteiger partial charge in [0.05, 0.1) is 31.0 Å². The highest BCUT2D eigenvalue weighted by Gasteiger charge is 2.27. The summed E-state index contributed by atoms with van der Waals surface area (Å²) in [5.41, 5.74) is 10.0. The number of fused-ring (bicyclic) bond motifs is 2. The average molecular weight is 618 g/mol. The zero-order valence-corrected chi connectivity index (χ0v) is 25.5. The van der Waals surface area contributed by atoms with Gasteiger partial charge in [-0.1, -0.05) is 6.07 Å². The smallest absolute Gasteiger partial charge is 0.407 e. The standard InChI is InChI=1S/C31H35N7O7/c1-5-38-23(13-17(2)36-38)28(40)35-30-34-22-15-20(27(32)39)16-25(43-3)26(22)37(30)12-6-11-33-31(42)45-24-10-8-18-14-19(29(41)44-4)7-9-21(18)24/h7,9,13-16,24H,5-6,8,10-12H2,1-4H3,(H2,32,39)(H,33,42)(H,34,35,40). The summed E-state index contributed by atoms with van der Waals surface area (Å²) in [6.45, 7) is 4.78. The Bertz CT molecular complexity index is 1790. The van der Waals surface area contributed by atoms with Crippen molar-refractivity contribution >= 4 is 40.9 Å². The number of nitrogens with one attached hydrogen (secondary N) is 2. The van der Waals surface area contributed by atoms with Gasteiger partial charge in [-0.05, 0) is 74.6 Å². The monoisotopic (exact) mass is 617 g/mol. The Labute approximate surface area is 258 Å². The molecule has 1 aliphatic carbocycles. The Morgan fingerprint density at radius 2 is 1.89 bits per heavy atom. The zero-order chi connectivity index (χ0) is 32.2. The molecule has 1 atom stereocenters. The number of ether oxygens (including phenoxy) is 3. The number of aryl methyl sites for hydroxylation is 4. The van der Waals surface area contributed by atoms with Crippen molar-refractivity contribution in [3.8, 4) is 5.75 Å². The lowest BCUT2D eigenvalue weighted by atomic mass is 10.1. The number of carbonyl (C=O) groups excluding carboxylic acids is 4. The average Bonchev–Trinajstić information content (AvgIpc) is 3.72. The molecule has 1 unspecified atom stereocenters. The minimum absolute atomic E-state index is 0.209. The number of primary amides is 1. The number of rotatable bonds is 11. The van der Waals surface area contributed by atoms with Crippen molar-refractivity contribution in [1.29, 1.82) is 0 Å². The third-order valence-corrected chi connectivity index (χ3v) is 7.63. The van der Waals surface area contributed by atoms with E-state index < -0.39 is 30.0 Å². The molecule has 4 N–H and O–H groups in total. The van der Waals surface area contributed by atoms with Crippen LogP contribution in [0.1, 0.15) is 73.9 Å². The first-order chi connectivity index (χ1) is 21.6. The Kier molecular flexibility index (Phi) is 9.02. The molecule has 0 fully saturated rings. The van der Waals surface area contributed by atoms with Crippen LogP contribution in [-0.4, -0.2) is 64.0 Å². The van der Waals surface area contributed by atoms with E-state index in [4.69, 9.17) is 19.9 Å². The van der Waals surface area contributed by atoms with E-state index in [1.165, 1.54) is 26.4 Å². The van der Waals surface area contributed by atoms with Gasteiger partial charge in [0.1, 0.15) is 23.1 Å². The molecule has 0 bridgehead atoms. The summed E-state index contributed by atoms with van der Waals surface area (Å²) < 4.78 is 19.4. The van der Waals surface area contributed by atoms with E-state index in [9.17, 15) is 19.2 Å². The molecule has 2 aromatic carbocycles. The van der Waals surface area contributed by atoms with Gasteiger partial charge in [-0.3, -0.25) is 19.6 Å². The highest BCUT2D eigenvalue weighted by molar-refractivity contribution is 6.04. The highest BCUT2D eigenvalue weighted by Crippen LogP contribution is 2.35. The predicted octanol–water partition coefficient (Wildman–Crippen LogP) is 3.51. The Morgan fingerprint density at radius 1 is 1.09 bits per heavy atom. The molecule has 0 radical (unpaired) electrons. The number of anilines is 1. The number of esters is 1. The van der Waals surface area contributed by atoms with Crippen molar-refractivity contribution in [3.05, 3.63) is 70.0 Å². The molecule has 45 heavy (non-hydrogen) atoms. The zero-order valence-electron chi connectivity index (χ0n) is 25.5. The number of amides is 3. The third-order valence-electron chi connectivity index (χ3n) is 7.63. The van der Waals surface area contributed by atoms with E-state index in [-0.39, 0.29) is 18.1 Å². The SMILES string of the molecule is CCn1nc(C)cc1C(=O)Nc1nc2cc(C(N)=O)cc(OC)c2n1CCCNC(=O)OC1CCc2cc(C(=O)OC)ccc21. The van der Waals surface area contributed by atoms with Gasteiger partial charge in [0.15, 0.2) is 0 Å². The molecule has 14 heteroatoms. The minimum atomic E-state index is -0.644. The van der Waals surface area contributed by atoms with Gasteiger partial charge in [-0.15, -0.1) is 0 Å². The van der Waals surface area contributed by atoms with E-state index in [2.05, 4.69) is 20.7 Å². The van der Waals surface area contributed by atoms with Gasteiger partial charge in [0.2, 0.25) is 11.9 Å². The first-order valence-electron chi connectivity index (χ1n) is 14.5. The van der Waals surface area contributed by atoms with Crippen LogP contribution in [0.15, 0.2) is 36.4 Å².